The normalized spacial score (nSPS) is 14.0. The summed E-state index contributed by atoms with van der Waals surface area (Å²) in [6, 6.07) is 18.9. The Morgan fingerprint density at radius 3 is 2.41 bits per heavy atom. The molecular weight excluding hydrogens is 418 g/mol. The first-order valence-electron chi connectivity index (χ1n) is 12.3. The van der Waals surface area contributed by atoms with Gasteiger partial charge < -0.3 is 15.2 Å². The van der Waals surface area contributed by atoms with Crippen molar-refractivity contribution < 1.29 is 0 Å². The van der Waals surface area contributed by atoms with Crippen LogP contribution < -0.4 is 10.2 Å². The fraction of sp³-hybridized carbons (Fsp3) is 0.310. The Kier molecular flexibility index (Phi) is 6.49. The molecule has 0 bridgehead atoms. The molecule has 2 N–H and O–H groups in total. The number of benzene rings is 2. The lowest BCUT2D eigenvalue weighted by molar-refractivity contribution is 0.726. The highest BCUT2D eigenvalue weighted by Crippen LogP contribution is 2.24. The third-order valence-corrected chi connectivity index (χ3v) is 6.41. The third-order valence-electron chi connectivity index (χ3n) is 6.41. The number of hydrogen-bond donors (Lipinski definition) is 2. The van der Waals surface area contributed by atoms with E-state index in [1.807, 2.05) is 18.3 Å². The Labute approximate surface area is 201 Å². The molecule has 34 heavy (non-hydrogen) atoms. The fourth-order valence-corrected chi connectivity index (χ4v) is 4.55. The van der Waals surface area contributed by atoms with Crippen molar-refractivity contribution >= 4 is 28.4 Å². The molecule has 0 atom stereocenters. The molecular formula is C29H31N5. The van der Waals surface area contributed by atoms with Crippen molar-refractivity contribution in [2.24, 2.45) is 0 Å². The number of aromatic amines is 1. The predicted octanol–water partition coefficient (Wildman–Crippen LogP) is 6.61. The summed E-state index contributed by atoms with van der Waals surface area (Å²) in [5.74, 6) is 7.60. The SMILES string of the molecule is CC(C)c1ccccc1C#Cc1nc(Nc2ccc(N3CCCCCC3)cc2)nc2[nH]ccc12. The molecule has 2 aromatic heterocycles. The summed E-state index contributed by atoms with van der Waals surface area (Å²) < 4.78 is 0. The maximum absolute atomic E-state index is 4.76. The summed E-state index contributed by atoms with van der Waals surface area (Å²) >= 11 is 0. The van der Waals surface area contributed by atoms with Crippen LogP contribution in [0.4, 0.5) is 17.3 Å². The molecule has 3 heterocycles. The molecule has 0 unspecified atom stereocenters. The highest BCUT2D eigenvalue weighted by molar-refractivity contribution is 5.82. The number of rotatable bonds is 4. The number of H-pyrrole nitrogens is 1. The van der Waals surface area contributed by atoms with Crippen LogP contribution in [0, 0.1) is 11.8 Å². The number of anilines is 3. The van der Waals surface area contributed by atoms with Gasteiger partial charge in [0.05, 0.1) is 5.39 Å². The summed E-state index contributed by atoms with van der Waals surface area (Å²) in [4.78, 5) is 15.1. The maximum atomic E-state index is 4.76. The summed E-state index contributed by atoms with van der Waals surface area (Å²) in [5, 5.41) is 4.30. The molecule has 0 spiro atoms. The lowest BCUT2D eigenvalue weighted by Crippen LogP contribution is -2.23. The summed E-state index contributed by atoms with van der Waals surface area (Å²) in [6.45, 7) is 6.66. The van der Waals surface area contributed by atoms with Gasteiger partial charge in [-0.1, -0.05) is 50.8 Å². The van der Waals surface area contributed by atoms with Crippen LogP contribution in [0.3, 0.4) is 0 Å². The lowest BCUT2D eigenvalue weighted by Gasteiger charge is -2.22. The summed E-state index contributed by atoms with van der Waals surface area (Å²) in [7, 11) is 0. The molecule has 5 nitrogen and oxygen atoms in total. The molecule has 1 fully saturated rings. The molecule has 0 amide bonds. The fourth-order valence-electron chi connectivity index (χ4n) is 4.55. The van der Waals surface area contributed by atoms with E-state index in [0.717, 1.165) is 35.4 Å². The van der Waals surface area contributed by atoms with Crippen LogP contribution in [0.1, 0.15) is 62.3 Å². The van der Waals surface area contributed by atoms with E-state index in [2.05, 4.69) is 88.3 Å². The molecule has 5 rings (SSSR count). The van der Waals surface area contributed by atoms with Crippen molar-refractivity contribution in [2.75, 3.05) is 23.3 Å². The molecule has 0 saturated carbocycles. The van der Waals surface area contributed by atoms with E-state index < -0.39 is 0 Å². The third kappa shape index (κ3) is 4.92. The van der Waals surface area contributed by atoms with E-state index >= 15 is 0 Å². The molecule has 1 saturated heterocycles. The van der Waals surface area contributed by atoms with Crippen LogP contribution in [0.5, 0.6) is 0 Å². The maximum Gasteiger partial charge on any atom is 0.230 e. The minimum absolute atomic E-state index is 0.415. The Bertz CT molecular complexity index is 1320. The van der Waals surface area contributed by atoms with Crippen LogP contribution in [-0.2, 0) is 0 Å². The second kappa shape index (κ2) is 10.0. The van der Waals surface area contributed by atoms with Crippen LogP contribution in [0.15, 0.2) is 60.8 Å². The van der Waals surface area contributed by atoms with Crippen molar-refractivity contribution in [3.05, 3.63) is 77.6 Å². The second-order valence-corrected chi connectivity index (χ2v) is 9.20. The van der Waals surface area contributed by atoms with E-state index in [9.17, 15) is 0 Å². The molecule has 5 heteroatoms. The highest BCUT2D eigenvalue weighted by Gasteiger charge is 2.11. The van der Waals surface area contributed by atoms with Gasteiger partial charge in [0.15, 0.2) is 0 Å². The first-order chi connectivity index (χ1) is 16.7. The van der Waals surface area contributed by atoms with E-state index in [0.29, 0.717) is 17.6 Å². The van der Waals surface area contributed by atoms with E-state index in [1.54, 1.807) is 0 Å². The molecule has 172 valence electrons. The van der Waals surface area contributed by atoms with Crippen molar-refractivity contribution in [3.8, 4) is 11.8 Å². The Morgan fingerprint density at radius 1 is 0.882 bits per heavy atom. The molecule has 4 aromatic rings. The molecule has 0 aliphatic carbocycles. The monoisotopic (exact) mass is 449 g/mol. The number of aromatic nitrogens is 3. The second-order valence-electron chi connectivity index (χ2n) is 9.20. The van der Waals surface area contributed by atoms with Gasteiger partial charge in [-0.2, -0.15) is 4.98 Å². The van der Waals surface area contributed by atoms with E-state index in [4.69, 9.17) is 4.98 Å². The standard InChI is InChI=1S/C29H31N5/c1-21(2)25-10-6-5-9-22(25)11-16-27-26-17-18-30-28(26)33-29(32-27)31-23-12-14-24(15-13-23)34-19-7-3-4-8-20-34/h5-6,9-10,12-15,17-18,21H,3-4,7-8,19-20H2,1-2H3,(H2,30,31,32,33). The largest absolute Gasteiger partial charge is 0.372 e. The van der Waals surface area contributed by atoms with E-state index in [1.165, 1.54) is 36.9 Å². The van der Waals surface area contributed by atoms with Gasteiger partial charge in [0.2, 0.25) is 5.95 Å². The van der Waals surface area contributed by atoms with Crippen LogP contribution in [0.25, 0.3) is 11.0 Å². The van der Waals surface area contributed by atoms with Gasteiger partial charge >= 0.3 is 0 Å². The lowest BCUT2D eigenvalue weighted by atomic mass is 9.97. The zero-order valence-corrected chi connectivity index (χ0v) is 19.9. The Hall–Kier alpha value is -3.78. The van der Waals surface area contributed by atoms with Crippen molar-refractivity contribution in [1.82, 2.24) is 15.0 Å². The summed E-state index contributed by atoms with van der Waals surface area (Å²) in [6.07, 6.45) is 7.10. The zero-order chi connectivity index (χ0) is 23.3. The van der Waals surface area contributed by atoms with Crippen molar-refractivity contribution in [2.45, 2.75) is 45.4 Å². The highest BCUT2D eigenvalue weighted by atomic mass is 15.1. The van der Waals surface area contributed by atoms with Crippen molar-refractivity contribution in [3.63, 3.8) is 0 Å². The minimum atomic E-state index is 0.415. The topological polar surface area (TPSA) is 56.8 Å². The van der Waals surface area contributed by atoms with Crippen molar-refractivity contribution in [1.29, 1.82) is 0 Å². The number of nitrogens with zero attached hydrogens (tertiary/aromatic N) is 3. The number of hydrogen-bond acceptors (Lipinski definition) is 4. The predicted molar refractivity (Wildman–Crippen MR) is 141 cm³/mol. The molecule has 1 aliphatic rings. The van der Waals surface area contributed by atoms with Gasteiger partial charge in [-0.3, -0.25) is 0 Å². The molecule has 1 aliphatic heterocycles. The van der Waals surface area contributed by atoms with Crippen LogP contribution in [0.2, 0.25) is 0 Å². The zero-order valence-electron chi connectivity index (χ0n) is 19.9. The smallest absolute Gasteiger partial charge is 0.230 e. The van der Waals surface area contributed by atoms with Gasteiger partial charge in [0, 0.05) is 36.2 Å². The number of nitrogens with one attached hydrogen (secondary N) is 2. The van der Waals surface area contributed by atoms with Crippen LogP contribution in [-0.4, -0.2) is 28.0 Å². The van der Waals surface area contributed by atoms with Gasteiger partial charge in [-0.05, 0) is 66.6 Å². The Balaban J connectivity index is 1.41. The van der Waals surface area contributed by atoms with Gasteiger partial charge in [-0.15, -0.1) is 0 Å². The molecule has 2 aromatic carbocycles. The first-order valence-corrected chi connectivity index (χ1v) is 12.3. The van der Waals surface area contributed by atoms with Gasteiger partial charge in [-0.25, -0.2) is 4.98 Å². The Morgan fingerprint density at radius 2 is 1.65 bits per heavy atom. The minimum Gasteiger partial charge on any atom is -0.372 e. The quantitative estimate of drug-likeness (QED) is 0.344. The number of fused-ring (bicyclic) bond motifs is 1. The van der Waals surface area contributed by atoms with Gasteiger partial charge in [0.25, 0.3) is 0 Å². The average molecular weight is 450 g/mol. The first kappa shape index (κ1) is 22.0. The average Bonchev–Trinajstić information content (AvgIpc) is 3.16. The van der Waals surface area contributed by atoms with E-state index in [-0.39, 0.29) is 0 Å². The summed E-state index contributed by atoms with van der Waals surface area (Å²) in [5.41, 5.74) is 6.03. The molecule has 0 radical (unpaired) electrons. The van der Waals surface area contributed by atoms with Crippen LogP contribution >= 0.6 is 0 Å². The van der Waals surface area contributed by atoms with Gasteiger partial charge in [0.1, 0.15) is 11.3 Å².